The SMILES string of the molecule is c1cc2nc(Cn3cc(-c4cncc(-n5cc6c(c5)CSC6)c4)nn3)cn2cc1CNCC1CCC1. The first-order chi connectivity index (χ1) is 17.8. The number of imidazole rings is 1. The van der Waals surface area contributed by atoms with Crippen LogP contribution in [0.15, 0.2) is 61.6 Å². The minimum absolute atomic E-state index is 0.569. The molecule has 0 spiro atoms. The third-order valence-electron chi connectivity index (χ3n) is 7.25. The number of nitrogens with zero attached hydrogens (tertiary/aromatic N) is 7. The largest absolute Gasteiger partial charge is 0.322 e. The van der Waals surface area contributed by atoms with Gasteiger partial charge in [0.2, 0.25) is 0 Å². The van der Waals surface area contributed by atoms with Gasteiger partial charge in [-0.2, -0.15) is 11.8 Å². The molecule has 1 aliphatic heterocycles. The van der Waals surface area contributed by atoms with E-state index in [9.17, 15) is 0 Å². The number of nitrogens with one attached hydrogen (secondary N) is 1. The molecule has 6 heterocycles. The topological polar surface area (TPSA) is 77.9 Å². The molecule has 1 saturated carbocycles. The molecule has 36 heavy (non-hydrogen) atoms. The molecular formula is C27H28N8S. The summed E-state index contributed by atoms with van der Waals surface area (Å²) in [5.41, 5.74) is 8.81. The van der Waals surface area contributed by atoms with E-state index in [1.807, 2.05) is 35.0 Å². The molecule has 9 heteroatoms. The highest BCUT2D eigenvalue weighted by Crippen LogP contribution is 2.32. The van der Waals surface area contributed by atoms with Crippen molar-refractivity contribution in [3.05, 3.63) is 84.0 Å². The second-order valence-electron chi connectivity index (χ2n) is 9.90. The molecule has 182 valence electrons. The van der Waals surface area contributed by atoms with Gasteiger partial charge in [-0.05, 0) is 54.1 Å². The summed E-state index contributed by atoms with van der Waals surface area (Å²) in [6.45, 7) is 2.58. The normalized spacial score (nSPS) is 15.4. The molecule has 8 nitrogen and oxygen atoms in total. The van der Waals surface area contributed by atoms with Crippen molar-refractivity contribution in [2.24, 2.45) is 5.92 Å². The first kappa shape index (κ1) is 21.8. The van der Waals surface area contributed by atoms with Crippen molar-refractivity contribution in [2.75, 3.05) is 6.54 Å². The summed E-state index contributed by atoms with van der Waals surface area (Å²) in [6, 6.07) is 6.37. The van der Waals surface area contributed by atoms with Crippen molar-refractivity contribution in [3.63, 3.8) is 0 Å². The highest BCUT2D eigenvalue weighted by Gasteiger charge is 2.17. The zero-order chi connectivity index (χ0) is 23.9. The smallest absolute Gasteiger partial charge is 0.137 e. The van der Waals surface area contributed by atoms with Gasteiger partial charge in [0, 0.05) is 54.6 Å². The van der Waals surface area contributed by atoms with Gasteiger partial charge >= 0.3 is 0 Å². The Bertz CT molecular complexity index is 1500. The fourth-order valence-electron chi connectivity index (χ4n) is 4.99. The lowest BCUT2D eigenvalue weighted by molar-refractivity contribution is 0.301. The molecule has 5 aromatic heterocycles. The van der Waals surface area contributed by atoms with Gasteiger partial charge in [0.05, 0.1) is 30.3 Å². The number of pyridine rings is 2. The molecule has 0 amide bonds. The van der Waals surface area contributed by atoms with Gasteiger partial charge in [-0.15, -0.1) is 5.10 Å². The highest BCUT2D eigenvalue weighted by atomic mass is 32.2. The van der Waals surface area contributed by atoms with E-state index >= 15 is 0 Å². The predicted molar refractivity (Wildman–Crippen MR) is 141 cm³/mol. The Morgan fingerprint density at radius 2 is 1.89 bits per heavy atom. The fraction of sp³-hybridized carbons (Fsp3) is 0.333. The van der Waals surface area contributed by atoms with Crippen LogP contribution >= 0.6 is 11.8 Å². The number of thioether (sulfide) groups is 1. The van der Waals surface area contributed by atoms with Crippen LogP contribution in [0.4, 0.5) is 0 Å². The lowest BCUT2D eigenvalue weighted by atomic mass is 9.85. The highest BCUT2D eigenvalue weighted by molar-refractivity contribution is 7.98. The maximum absolute atomic E-state index is 4.78. The quantitative estimate of drug-likeness (QED) is 0.342. The van der Waals surface area contributed by atoms with Gasteiger partial charge < -0.3 is 14.3 Å². The van der Waals surface area contributed by atoms with E-state index in [1.54, 1.807) is 0 Å². The summed E-state index contributed by atoms with van der Waals surface area (Å²) in [6.07, 6.45) is 18.5. The van der Waals surface area contributed by atoms with Gasteiger partial charge in [-0.3, -0.25) is 4.98 Å². The van der Waals surface area contributed by atoms with Crippen molar-refractivity contribution in [3.8, 4) is 16.9 Å². The first-order valence-electron chi connectivity index (χ1n) is 12.6. The van der Waals surface area contributed by atoms with Crippen molar-refractivity contribution in [1.29, 1.82) is 0 Å². The van der Waals surface area contributed by atoms with Crippen LogP contribution in [0, 0.1) is 5.92 Å². The molecule has 1 N–H and O–H groups in total. The number of fused-ring (bicyclic) bond motifs is 2. The maximum Gasteiger partial charge on any atom is 0.137 e. The Morgan fingerprint density at radius 1 is 1.00 bits per heavy atom. The van der Waals surface area contributed by atoms with E-state index in [0.717, 1.165) is 58.8 Å². The van der Waals surface area contributed by atoms with E-state index < -0.39 is 0 Å². The lowest BCUT2D eigenvalue weighted by Crippen LogP contribution is -2.26. The van der Waals surface area contributed by atoms with E-state index in [0.29, 0.717) is 6.54 Å². The van der Waals surface area contributed by atoms with Crippen molar-refractivity contribution in [1.82, 2.24) is 39.2 Å². The van der Waals surface area contributed by atoms with Crippen LogP contribution in [0.1, 0.15) is 41.6 Å². The van der Waals surface area contributed by atoms with Crippen LogP contribution in [-0.2, 0) is 24.6 Å². The summed E-state index contributed by atoms with van der Waals surface area (Å²) < 4.78 is 6.11. The third kappa shape index (κ3) is 4.33. The minimum Gasteiger partial charge on any atom is -0.322 e. The van der Waals surface area contributed by atoms with E-state index in [4.69, 9.17) is 4.98 Å². The van der Waals surface area contributed by atoms with E-state index in [1.165, 1.54) is 36.0 Å². The monoisotopic (exact) mass is 496 g/mol. The Balaban J connectivity index is 1.05. The molecule has 0 aromatic carbocycles. The summed E-state index contributed by atoms with van der Waals surface area (Å²) in [5, 5.41) is 12.4. The lowest BCUT2D eigenvalue weighted by Gasteiger charge is -2.25. The van der Waals surface area contributed by atoms with Crippen molar-refractivity contribution in [2.45, 2.75) is 43.9 Å². The molecule has 0 atom stereocenters. The summed E-state index contributed by atoms with van der Waals surface area (Å²) in [5.74, 6) is 3.05. The minimum atomic E-state index is 0.569. The van der Waals surface area contributed by atoms with Crippen LogP contribution in [-0.4, -0.2) is 40.5 Å². The number of hydrogen-bond acceptors (Lipinski definition) is 6. The van der Waals surface area contributed by atoms with Gasteiger partial charge in [0.1, 0.15) is 11.3 Å². The van der Waals surface area contributed by atoms with Crippen LogP contribution < -0.4 is 5.32 Å². The standard InChI is InChI=1S/C27H28N8S/c1-2-19(3-1)7-28-8-20-4-5-27-30-24(14-34(27)11-20)15-35-16-26(31-32-35)21-6-25(10-29-9-21)33-12-22-17-36-18-23(22)13-33/h4-6,9-14,16,19,28H,1-3,7-8,15,17-18H2. The van der Waals surface area contributed by atoms with Crippen LogP contribution in [0.5, 0.6) is 0 Å². The van der Waals surface area contributed by atoms with Gasteiger partial charge in [-0.25, -0.2) is 9.67 Å². The average Bonchev–Trinajstić information content (AvgIpc) is 3.64. The van der Waals surface area contributed by atoms with E-state index in [-0.39, 0.29) is 0 Å². The maximum atomic E-state index is 4.78. The Morgan fingerprint density at radius 3 is 2.72 bits per heavy atom. The Hall–Kier alpha value is -3.43. The van der Waals surface area contributed by atoms with Crippen molar-refractivity contribution >= 4 is 17.4 Å². The molecule has 0 saturated heterocycles. The van der Waals surface area contributed by atoms with Gasteiger partial charge in [0.15, 0.2) is 0 Å². The second-order valence-corrected chi connectivity index (χ2v) is 10.9. The second kappa shape index (κ2) is 9.22. The third-order valence-corrected chi connectivity index (χ3v) is 8.28. The molecule has 5 aromatic rings. The molecular weight excluding hydrogens is 468 g/mol. The molecule has 1 fully saturated rings. The summed E-state index contributed by atoms with van der Waals surface area (Å²) in [4.78, 5) is 9.24. The molecule has 0 unspecified atom stereocenters. The number of hydrogen-bond donors (Lipinski definition) is 1. The predicted octanol–water partition coefficient (Wildman–Crippen LogP) is 4.46. The molecule has 1 aliphatic carbocycles. The Labute approximate surface area is 213 Å². The Kier molecular flexibility index (Phi) is 5.59. The number of rotatable bonds is 8. The zero-order valence-electron chi connectivity index (χ0n) is 20.0. The van der Waals surface area contributed by atoms with Crippen LogP contribution in [0.25, 0.3) is 22.6 Å². The molecule has 2 aliphatic rings. The summed E-state index contributed by atoms with van der Waals surface area (Å²) in [7, 11) is 0. The van der Waals surface area contributed by atoms with Crippen molar-refractivity contribution < 1.29 is 0 Å². The first-order valence-corrected chi connectivity index (χ1v) is 13.7. The zero-order valence-corrected chi connectivity index (χ0v) is 20.9. The average molecular weight is 497 g/mol. The molecule has 7 rings (SSSR count). The van der Waals surface area contributed by atoms with E-state index in [2.05, 4.69) is 72.6 Å². The van der Waals surface area contributed by atoms with Gasteiger partial charge in [-0.1, -0.05) is 17.7 Å². The van der Waals surface area contributed by atoms with Crippen LogP contribution in [0.2, 0.25) is 0 Å². The fourth-order valence-corrected chi connectivity index (χ4v) is 6.05. The van der Waals surface area contributed by atoms with Crippen LogP contribution in [0.3, 0.4) is 0 Å². The van der Waals surface area contributed by atoms with Gasteiger partial charge in [0.25, 0.3) is 0 Å². The number of aromatic nitrogens is 7. The molecule has 0 radical (unpaired) electrons. The molecule has 0 bridgehead atoms. The summed E-state index contributed by atoms with van der Waals surface area (Å²) >= 11 is 1.97.